The Balaban J connectivity index is 2.25. The molecule has 0 aliphatic carbocycles. The second-order valence-electron chi connectivity index (χ2n) is 11.2. The lowest BCUT2D eigenvalue weighted by Crippen LogP contribution is -2.57. The van der Waals surface area contributed by atoms with Crippen molar-refractivity contribution in [2.24, 2.45) is 0 Å². The fourth-order valence-electron chi connectivity index (χ4n) is 5.94. The minimum Gasteiger partial charge on any atom is -0.420 e. The summed E-state index contributed by atoms with van der Waals surface area (Å²) in [5, 5.41) is 0. The van der Waals surface area contributed by atoms with Gasteiger partial charge in [0.2, 0.25) is 6.71 Å². The molecule has 0 radical (unpaired) electrons. The predicted octanol–water partition coefficient (Wildman–Crippen LogP) is 6.06. The van der Waals surface area contributed by atoms with E-state index in [-0.39, 0.29) is 6.71 Å². The Labute approximate surface area is 210 Å². The summed E-state index contributed by atoms with van der Waals surface area (Å²) < 4.78 is 5.81. The second kappa shape index (κ2) is 10.3. The van der Waals surface area contributed by atoms with Crippen LogP contribution in [0, 0.1) is 55.4 Å². The molecule has 0 fully saturated rings. The van der Waals surface area contributed by atoms with Crippen LogP contribution in [0.4, 0.5) is 0 Å². The van der Waals surface area contributed by atoms with Crippen LogP contribution >= 0.6 is 0 Å². The van der Waals surface area contributed by atoms with E-state index in [1.54, 1.807) is 0 Å². The van der Waals surface area contributed by atoms with Gasteiger partial charge in [0.05, 0.1) is 0 Å². The molecule has 1 nitrogen and oxygen atoms in total. The van der Waals surface area contributed by atoms with E-state index in [1.165, 1.54) is 66.5 Å². The maximum Gasteiger partial charge on any atom is 0.243 e. The zero-order chi connectivity index (χ0) is 25.4. The van der Waals surface area contributed by atoms with Crippen molar-refractivity contribution < 1.29 is 4.43 Å². The molecule has 0 aliphatic rings. The molecular weight excluding hydrogens is 427 g/mol. The first-order valence-corrected chi connectivity index (χ1v) is 15.8. The molecule has 0 amide bonds. The minimum absolute atomic E-state index is 0.236. The van der Waals surface area contributed by atoms with Crippen molar-refractivity contribution >= 4 is 31.4 Å². The summed E-state index contributed by atoms with van der Waals surface area (Å²) in [4.78, 5) is 0. The lowest BCUT2D eigenvalue weighted by Gasteiger charge is -2.28. The van der Waals surface area contributed by atoms with Crippen LogP contribution in [-0.2, 0) is 10.8 Å². The van der Waals surface area contributed by atoms with Gasteiger partial charge in [-0.25, -0.2) is 0 Å². The highest BCUT2D eigenvalue weighted by molar-refractivity contribution is 6.97. The number of hydrogen-bond acceptors (Lipinski definition) is 1. The van der Waals surface area contributed by atoms with Gasteiger partial charge in [-0.15, -0.1) is 0 Å². The molecule has 0 aliphatic heterocycles. The Morgan fingerprint density at radius 2 is 0.912 bits per heavy atom. The molecule has 3 rings (SSSR count). The highest BCUT2D eigenvalue weighted by Gasteiger charge is 2.31. The molecule has 0 saturated heterocycles. The zero-order valence-corrected chi connectivity index (χ0v) is 24.4. The first kappa shape index (κ1) is 26.5. The van der Waals surface area contributed by atoms with Gasteiger partial charge in [0.15, 0.2) is 8.32 Å². The maximum absolute atomic E-state index is 5.81. The van der Waals surface area contributed by atoms with Crippen LogP contribution < -0.4 is 16.4 Å². The topological polar surface area (TPSA) is 9.23 Å². The number of hydrogen-bond donors (Lipinski definition) is 0. The molecule has 0 heterocycles. The second-order valence-corrected chi connectivity index (χ2v) is 15.6. The summed E-state index contributed by atoms with van der Waals surface area (Å²) in [7, 11) is 0.294. The predicted molar refractivity (Wildman–Crippen MR) is 155 cm³/mol. The number of benzene rings is 3. The largest absolute Gasteiger partial charge is 0.420 e. The smallest absolute Gasteiger partial charge is 0.243 e. The molecule has 0 atom stereocenters. The highest BCUT2D eigenvalue weighted by Crippen LogP contribution is 2.19. The van der Waals surface area contributed by atoms with Crippen molar-refractivity contribution in [2.45, 2.75) is 80.9 Å². The van der Waals surface area contributed by atoms with Crippen molar-refractivity contribution in [1.82, 2.24) is 0 Å². The van der Waals surface area contributed by atoms with E-state index < -0.39 is 8.32 Å². The lowest BCUT2D eigenvalue weighted by molar-refractivity contribution is 0.403. The Morgan fingerprint density at radius 3 is 1.24 bits per heavy atom. The zero-order valence-electron chi connectivity index (χ0n) is 23.4. The average molecular weight is 471 g/mol. The average Bonchev–Trinajstić information content (AvgIpc) is 2.70. The van der Waals surface area contributed by atoms with Gasteiger partial charge in [0.25, 0.3) is 0 Å². The monoisotopic (exact) mass is 470 g/mol. The van der Waals surface area contributed by atoms with Crippen LogP contribution in [0.25, 0.3) is 0 Å². The Hall–Kier alpha value is -2.10. The van der Waals surface area contributed by atoms with E-state index in [1.807, 2.05) is 7.11 Å². The molecule has 0 bridgehead atoms. The van der Waals surface area contributed by atoms with Crippen LogP contribution in [-0.4, -0.2) is 22.1 Å². The van der Waals surface area contributed by atoms with Crippen molar-refractivity contribution in [3.63, 3.8) is 0 Å². The van der Waals surface area contributed by atoms with Gasteiger partial charge in [-0.3, -0.25) is 0 Å². The van der Waals surface area contributed by atoms with E-state index in [9.17, 15) is 0 Å². The van der Waals surface area contributed by atoms with E-state index in [2.05, 4.69) is 105 Å². The molecule has 0 N–H and O–H groups in total. The van der Waals surface area contributed by atoms with Crippen molar-refractivity contribution in [3.05, 3.63) is 86.5 Å². The van der Waals surface area contributed by atoms with Crippen LogP contribution in [0.5, 0.6) is 0 Å². The molecular formula is C31H43BOSi. The maximum atomic E-state index is 5.81. The van der Waals surface area contributed by atoms with Gasteiger partial charge in [-0.2, -0.15) is 0 Å². The van der Waals surface area contributed by atoms with Gasteiger partial charge in [0, 0.05) is 7.11 Å². The molecule has 0 unspecified atom stereocenters. The van der Waals surface area contributed by atoms with Gasteiger partial charge >= 0.3 is 0 Å². The van der Waals surface area contributed by atoms with Gasteiger partial charge in [-0.1, -0.05) is 97.3 Å². The molecule has 0 aromatic heterocycles. The van der Waals surface area contributed by atoms with Crippen LogP contribution in [0.1, 0.15) is 50.1 Å². The lowest BCUT2D eigenvalue weighted by atomic mass is 9.33. The molecule has 0 spiro atoms. The summed E-state index contributed by atoms with van der Waals surface area (Å²) in [6, 6.07) is 15.4. The molecule has 0 saturated carbocycles. The third-order valence-corrected chi connectivity index (χ3v) is 10.1. The summed E-state index contributed by atoms with van der Waals surface area (Å²) in [6.07, 6.45) is 1.09. The fraction of sp³-hybridized carbons (Fsp3) is 0.419. The van der Waals surface area contributed by atoms with Crippen molar-refractivity contribution in [2.75, 3.05) is 7.11 Å². The van der Waals surface area contributed by atoms with E-state index in [4.69, 9.17) is 4.43 Å². The van der Waals surface area contributed by atoms with E-state index in [0.29, 0.717) is 0 Å². The summed E-state index contributed by atoms with van der Waals surface area (Å²) in [6.45, 7) is 23.1. The van der Waals surface area contributed by atoms with Crippen molar-refractivity contribution in [3.8, 4) is 0 Å². The Kier molecular flexibility index (Phi) is 8.00. The first-order valence-electron chi connectivity index (χ1n) is 12.6. The van der Waals surface area contributed by atoms with Crippen LogP contribution in [0.2, 0.25) is 19.1 Å². The summed E-state index contributed by atoms with van der Waals surface area (Å²) in [5.74, 6) is 0. The molecule has 180 valence electrons. The number of aryl methyl sites for hydroxylation is 9. The van der Waals surface area contributed by atoms with E-state index >= 15 is 0 Å². The van der Waals surface area contributed by atoms with E-state index in [0.717, 1.165) is 12.5 Å². The Morgan fingerprint density at radius 1 is 0.588 bits per heavy atom. The van der Waals surface area contributed by atoms with Gasteiger partial charge in [-0.05, 0) is 86.5 Å². The quantitative estimate of drug-likeness (QED) is 0.381. The van der Waals surface area contributed by atoms with Crippen LogP contribution in [0.3, 0.4) is 0 Å². The standard InChI is InChI=1S/C31H43BOSi/c1-20-14-22(3)29(23(4)15-20)32(30-24(5)16-21(2)17-25(30)6)31-26(7)18-28(19-27(31)8)12-13-34(10,11)33-9/h14-19H,12-13H2,1-11H3. The minimum atomic E-state index is -1.58. The summed E-state index contributed by atoms with van der Waals surface area (Å²) in [5.41, 5.74) is 16.9. The Bertz CT molecular complexity index is 1080. The third kappa shape index (κ3) is 5.58. The number of rotatable bonds is 7. The first-order chi connectivity index (χ1) is 15.8. The normalized spacial score (nSPS) is 11.7. The van der Waals surface area contributed by atoms with Gasteiger partial charge < -0.3 is 4.43 Å². The third-order valence-electron chi connectivity index (χ3n) is 7.56. The summed E-state index contributed by atoms with van der Waals surface area (Å²) >= 11 is 0. The molecule has 3 heteroatoms. The molecule has 34 heavy (non-hydrogen) atoms. The fourth-order valence-corrected chi connectivity index (χ4v) is 7.03. The van der Waals surface area contributed by atoms with Gasteiger partial charge in [0.1, 0.15) is 0 Å². The van der Waals surface area contributed by atoms with Crippen LogP contribution in [0.15, 0.2) is 36.4 Å². The highest BCUT2D eigenvalue weighted by atomic mass is 28.4. The molecule has 3 aromatic rings. The van der Waals surface area contributed by atoms with Crippen molar-refractivity contribution in [1.29, 1.82) is 0 Å². The molecule has 3 aromatic carbocycles. The SMILES string of the molecule is CO[Si](C)(C)CCc1cc(C)c(B(c2c(C)cc(C)cc2C)c2c(C)cc(C)cc2C)c(C)c1.